The van der Waals surface area contributed by atoms with E-state index in [2.05, 4.69) is 45.5 Å². The zero-order valence-corrected chi connectivity index (χ0v) is 8.15. The van der Waals surface area contributed by atoms with Crippen molar-refractivity contribution in [3.8, 4) is 0 Å². The Balaban J connectivity index is 0.00000121. The maximum absolute atomic E-state index is 4.23. The highest BCUT2D eigenvalue weighted by Gasteiger charge is 2.11. The molecule has 0 aliphatic heterocycles. The molecule has 0 unspecified atom stereocenters. The van der Waals surface area contributed by atoms with E-state index in [1.54, 1.807) is 0 Å². The number of rotatable bonds is 0. The van der Waals surface area contributed by atoms with Gasteiger partial charge in [-0.25, -0.2) is 0 Å². The molecule has 0 amide bonds. The minimum absolute atomic E-state index is 0. The predicted molar refractivity (Wildman–Crippen MR) is 59.1 cm³/mol. The summed E-state index contributed by atoms with van der Waals surface area (Å²) in [5, 5.41) is 0. The van der Waals surface area contributed by atoms with Crippen molar-refractivity contribution in [1.29, 1.82) is 0 Å². The summed E-state index contributed by atoms with van der Waals surface area (Å²) in [7, 11) is 0. The van der Waals surface area contributed by atoms with Crippen LogP contribution < -0.4 is 0 Å². The van der Waals surface area contributed by atoms with Gasteiger partial charge in [0.25, 0.3) is 0 Å². The molecule has 0 heterocycles. The molecule has 1 heteroatoms. The minimum Gasteiger partial charge on any atom is -0.143 e. The van der Waals surface area contributed by atoms with E-state index in [1.165, 1.54) is 5.56 Å². The van der Waals surface area contributed by atoms with Gasteiger partial charge in [0.15, 0.2) is 0 Å². The summed E-state index contributed by atoms with van der Waals surface area (Å²) in [6.07, 6.45) is 0. The van der Waals surface area contributed by atoms with Gasteiger partial charge in [-0.15, -0.1) is 12.6 Å². The van der Waals surface area contributed by atoms with E-state index in [0.29, 0.717) is 0 Å². The van der Waals surface area contributed by atoms with E-state index in [4.69, 9.17) is 0 Å². The van der Waals surface area contributed by atoms with Gasteiger partial charge in [0.05, 0.1) is 0 Å². The van der Waals surface area contributed by atoms with Crippen molar-refractivity contribution in [2.75, 3.05) is 0 Å². The Morgan fingerprint density at radius 1 is 1.00 bits per heavy atom. The zero-order valence-electron chi connectivity index (χ0n) is 7.26. The smallest absolute Gasteiger partial charge is 0.00401 e. The Hall–Kier alpha value is -0.430. The van der Waals surface area contributed by atoms with Crippen LogP contribution in [-0.2, 0) is 5.41 Å². The van der Waals surface area contributed by atoms with Crippen molar-refractivity contribution in [2.45, 2.75) is 38.5 Å². The number of hydrogen-bond donors (Lipinski definition) is 1. The maximum Gasteiger partial charge on any atom is 0.00401 e. The standard InChI is InChI=1S/C10H14S.CH4/c1-10(2,3)8-4-6-9(11)7-5-8;/h4-7,11H,1-3H3;1H4. The molecule has 0 aromatic heterocycles. The van der Waals surface area contributed by atoms with Gasteiger partial charge in [-0.1, -0.05) is 40.3 Å². The first-order chi connectivity index (χ1) is 5.00. The quantitative estimate of drug-likeness (QED) is 0.578. The summed E-state index contributed by atoms with van der Waals surface area (Å²) >= 11 is 4.23. The van der Waals surface area contributed by atoms with Gasteiger partial charge in [0, 0.05) is 4.90 Å². The molecule has 0 bridgehead atoms. The molecule has 0 atom stereocenters. The first-order valence-electron chi connectivity index (χ1n) is 3.79. The molecule has 0 fully saturated rings. The summed E-state index contributed by atoms with van der Waals surface area (Å²) < 4.78 is 0. The molecule has 12 heavy (non-hydrogen) atoms. The first-order valence-corrected chi connectivity index (χ1v) is 4.24. The molecule has 0 aliphatic rings. The van der Waals surface area contributed by atoms with E-state index < -0.39 is 0 Å². The fourth-order valence-corrected chi connectivity index (χ4v) is 1.11. The van der Waals surface area contributed by atoms with E-state index in [9.17, 15) is 0 Å². The van der Waals surface area contributed by atoms with E-state index in [1.807, 2.05) is 12.1 Å². The third-order valence-electron chi connectivity index (χ3n) is 1.73. The van der Waals surface area contributed by atoms with Crippen LogP contribution in [0.2, 0.25) is 0 Å². The second-order valence-electron chi connectivity index (χ2n) is 3.80. The Labute approximate surface area is 81.4 Å². The highest BCUT2D eigenvalue weighted by atomic mass is 32.1. The van der Waals surface area contributed by atoms with Crippen LogP contribution in [0.25, 0.3) is 0 Å². The van der Waals surface area contributed by atoms with Crippen molar-refractivity contribution in [2.24, 2.45) is 0 Å². The lowest BCUT2D eigenvalue weighted by molar-refractivity contribution is 0.590. The second kappa shape index (κ2) is 3.99. The van der Waals surface area contributed by atoms with Gasteiger partial charge in [0.2, 0.25) is 0 Å². The molecule has 0 nitrogen and oxygen atoms in total. The lowest BCUT2D eigenvalue weighted by atomic mass is 9.87. The summed E-state index contributed by atoms with van der Waals surface area (Å²) in [4.78, 5) is 1.03. The lowest BCUT2D eigenvalue weighted by Crippen LogP contribution is -2.10. The van der Waals surface area contributed by atoms with Gasteiger partial charge < -0.3 is 0 Å². The van der Waals surface area contributed by atoms with Crippen molar-refractivity contribution in [3.05, 3.63) is 29.8 Å². The van der Waals surface area contributed by atoms with Gasteiger partial charge in [-0.3, -0.25) is 0 Å². The second-order valence-corrected chi connectivity index (χ2v) is 4.31. The molecule has 0 spiro atoms. The lowest BCUT2D eigenvalue weighted by Gasteiger charge is -2.18. The van der Waals surface area contributed by atoms with E-state index >= 15 is 0 Å². The Bertz CT molecular complexity index is 228. The van der Waals surface area contributed by atoms with Crippen LogP contribution in [-0.4, -0.2) is 0 Å². The fraction of sp³-hybridized carbons (Fsp3) is 0.455. The highest BCUT2D eigenvalue weighted by molar-refractivity contribution is 7.80. The molecule has 68 valence electrons. The van der Waals surface area contributed by atoms with E-state index in [0.717, 1.165) is 4.90 Å². The Kier molecular flexibility index (Phi) is 3.85. The SMILES string of the molecule is C.CC(C)(C)c1ccc(S)cc1. The van der Waals surface area contributed by atoms with E-state index in [-0.39, 0.29) is 12.8 Å². The highest BCUT2D eigenvalue weighted by Crippen LogP contribution is 2.22. The summed E-state index contributed by atoms with van der Waals surface area (Å²) in [5.41, 5.74) is 1.61. The summed E-state index contributed by atoms with van der Waals surface area (Å²) in [6.45, 7) is 6.63. The minimum atomic E-state index is 0. The number of hydrogen-bond acceptors (Lipinski definition) is 1. The van der Waals surface area contributed by atoms with Crippen molar-refractivity contribution in [1.82, 2.24) is 0 Å². The van der Waals surface area contributed by atoms with Crippen LogP contribution >= 0.6 is 12.6 Å². The molecule has 1 aromatic carbocycles. The topological polar surface area (TPSA) is 0 Å². The van der Waals surface area contributed by atoms with Gasteiger partial charge in [-0.05, 0) is 23.1 Å². The first kappa shape index (κ1) is 11.6. The third-order valence-corrected chi connectivity index (χ3v) is 2.03. The monoisotopic (exact) mass is 182 g/mol. The molecular weight excluding hydrogens is 164 g/mol. The van der Waals surface area contributed by atoms with Crippen LogP contribution in [0.3, 0.4) is 0 Å². The molecule has 0 saturated carbocycles. The summed E-state index contributed by atoms with van der Waals surface area (Å²) in [5.74, 6) is 0. The Morgan fingerprint density at radius 3 is 1.75 bits per heavy atom. The largest absolute Gasteiger partial charge is 0.143 e. The van der Waals surface area contributed by atoms with Gasteiger partial charge in [-0.2, -0.15) is 0 Å². The molecule has 0 saturated heterocycles. The zero-order chi connectivity index (χ0) is 8.48. The fourth-order valence-electron chi connectivity index (χ4n) is 0.961. The van der Waals surface area contributed by atoms with Crippen molar-refractivity contribution < 1.29 is 0 Å². The number of benzene rings is 1. The van der Waals surface area contributed by atoms with Crippen molar-refractivity contribution >= 4 is 12.6 Å². The molecule has 0 N–H and O–H groups in total. The van der Waals surface area contributed by atoms with Crippen LogP contribution in [0.15, 0.2) is 29.2 Å². The van der Waals surface area contributed by atoms with Crippen molar-refractivity contribution in [3.63, 3.8) is 0 Å². The normalized spacial score (nSPS) is 10.7. The van der Waals surface area contributed by atoms with Gasteiger partial charge >= 0.3 is 0 Å². The Morgan fingerprint density at radius 2 is 1.42 bits per heavy atom. The van der Waals surface area contributed by atoms with Crippen LogP contribution in [0, 0.1) is 0 Å². The molecular formula is C11H18S. The average molecular weight is 182 g/mol. The molecule has 1 aromatic rings. The third kappa shape index (κ3) is 2.90. The van der Waals surface area contributed by atoms with Crippen LogP contribution in [0.5, 0.6) is 0 Å². The molecule has 0 aliphatic carbocycles. The van der Waals surface area contributed by atoms with Gasteiger partial charge in [0.1, 0.15) is 0 Å². The predicted octanol–water partition coefficient (Wildman–Crippen LogP) is 3.91. The molecule has 1 rings (SSSR count). The average Bonchev–Trinajstić information content (AvgIpc) is 1.86. The molecule has 0 radical (unpaired) electrons. The number of thiol groups is 1. The van der Waals surface area contributed by atoms with Crippen LogP contribution in [0.1, 0.15) is 33.8 Å². The summed E-state index contributed by atoms with van der Waals surface area (Å²) in [6, 6.07) is 8.32. The van der Waals surface area contributed by atoms with Crippen LogP contribution in [0.4, 0.5) is 0 Å². The maximum atomic E-state index is 4.23.